The maximum atomic E-state index is 12.7. The number of hydrogen-bond donors (Lipinski definition) is 0. The molecule has 0 radical (unpaired) electrons. The van der Waals surface area contributed by atoms with Crippen LogP contribution in [0.25, 0.3) is 6.08 Å². The fourth-order valence-corrected chi connectivity index (χ4v) is 3.24. The minimum Gasteiger partial charge on any atom is -0.487 e. The zero-order chi connectivity index (χ0) is 24.7. The van der Waals surface area contributed by atoms with Gasteiger partial charge in [0.2, 0.25) is 5.76 Å². The van der Waals surface area contributed by atoms with Crippen LogP contribution in [-0.4, -0.2) is 48.9 Å². The van der Waals surface area contributed by atoms with Crippen LogP contribution in [0.2, 0.25) is 0 Å². The number of rotatable bonds is 14. The molecule has 0 unspecified atom stereocenters. The fourth-order valence-electron chi connectivity index (χ4n) is 3.24. The molecule has 0 aliphatic carbocycles. The Hall–Kier alpha value is -2.50. The highest BCUT2D eigenvalue weighted by Gasteiger charge is 2.21. The van der Waals surface area contributed by atoms with Gasteiger partial charge in [-0.2, -0.15) is 0 Å². The van der Waals surface area contributed by atoms with Crippen molar-refractivity contribution in [2.75, 3.05) is 26.3 Å². The van der Waals surface area contributed by atoms with Gasteiger partial charge in [-0.1, -0.05) is 56.9 Å². The first-order valence-corrected chi connectivity index (χ1v) is 12.3. The molecular formula is C27H43NO5. The van der Waals surface area contributed by atoms with Gasteiger partial charge in [-0.25, -0.2) is 9.59 Å². The summed E-state index contributed by atoms with van der Waals surface area (Å²) in [7, 11) is 0. The summed E-state index contributed by atoms with van der Waals surface area (Å²) in [6.45, 7) is 13.5. The largest absolute Gasteiger partial charge is 0.487 e. The van der Waals surface area contributed by atoms with Crippen molar-refractivity contribution in [2.24, 2.45) is 0 Å². The molecule has 1 amide bonds. The molecule has 0 aliphatic heterocycles. The van der Waals surface area contributed by atoms with E-state index >= 15 is 0 Å². The molecule has 0 saturated heterocycles. The van der Waals surface area contributed by atoms with Gasteiger partial charge >= 0.3 is 12.1 Å². The van der Waals surface area contributed by atoms with Gasteiger partial charge in [-0.3, -0.25) is 0 Å². The zero-order valence-corrected chi connectivity index (χ0v) is 21.4. The minimum absolute atomic E-state index is 0.200. The molecule has 0 saturated carbocycles. The van der Waals surface area contributed by atoms with Crippen molar-refractivity contribution >= 4 is 18.1 Å². The zero-order valence-electron chi connectivity index (χ0n) is 21.4. The Morgan fingerprint density at radius 1 is 0.879 bits per heavy atom. The summed E-state index contributed by atoms with van der Waals surface area (Å²) in [6.07, 6.45) is 7.90. The highest BCUT2D eigenvalue weighted by atomic mass is 16.6. The van der Waals surface area contributed by atoms with Gasteiger partial charge in [0.05, 0.1) is 13.2 Å². The minimum atomic E-state index is -0.511. The van der Waals surface area contributed by atoms with E-state index in [0.717, 1.165) is 30.4 Å². The van der Waals surface area contributed by atoms with Crippen LogP contribution in [0.4, 0.5) is 4.79 Å². The lowest BCUT2D eigenvalue weighted by Gasteiger charge is -2.27. The number of esters is 1. The van der Waals surface area contributed by atoms with Gasteiger partial charge in [0, 0.05) is 13.1 Å². The fraction of sp³-hybridized carbons (Fsp3) is 0.630. The predicted octanol–water partition coefficient (Wildman–Crippen LogP) is 6.38. The summed E-state index contributed by atoms with van der Waals surface area (Å²) < 4.78 is 16.1. The third-order valence-electron chi connectivity index (χ3n) is 4.91. The third kappa shape index (κ3) is 12.4. The Balaban J connectivity index is 2.77. The second-order valence-corrected chi connectivity index (χ2v) is 9.04. The van der Waals surface area contributed by atoms with Gasteiger partial charge < -0.3 is 19.1 Å². The van der Waals surface area contributed by atoms with Gasteiger partial charge in [0.25, 0.3) is 0 Å². The maximum Gasteiger partial charge on any atom is 0.410 e. The lowest BCUT2D eigenvalue weighted by molar-refractivity contribution is -0.142. The van der Waals surface area contributed by atoms with Crippen LogP contribution in [0, 0.1) is 0 Å². The molecule has 1 rings (SSSR count). The number of carbonyl (C=O) groups excluding carboxylic acids is 2. The number of ether oxygens (including phenoxy) is 3. The van der Waals surface area contributed by atoms with E-state index in [2.05, 4.69) is 6.92 Å². The van der Waals surface area contributed by atoms with Gasteiger partial charge in [0.1, 0.15) is 5.60 Å². The van der Waals surface area contributed by atoms with Crippen molar-refractivity contribution in [3.8, 4) is 0 Å². The van der Waals surface area contributed by atoms with Crippen LogP contribution >= 0.6 is 0 Å². The van der Waals surface area contributed by atoms with E-state index in [1.807, 2.05) is 56.9 Å². The van der Waals surface area contributed by atoms with Crippen molar-refractivity contribution in [3.63, 3.8) is 0 Å². The summed E-state index contributed by atoms with van der Waals surface area (Å²) in [5.74, 6) is -0.262. The summed E-state index contributed by atoms with van der Waals surface area (Å²) in [5.41, 5.74) is 1.46. The first kappa shape index (κ1) is 28.5. The van der Waals surface area contributed by atoms with Gasteiger partial charge in [-0.15, -0.1) is 0 Å². The van der Waals surface area contributed by atoms with E-state index in [0.29, 0.717) is 26.3 Å². The monoisotopic (exact) mass is 461 g/mol. The number of benzene rings is 1. The summed E-state index contributed by atoms with van der Waals surface area (Å²) in [4.78, 5) is 26.5. The van der Waals surface area contributed by atoms with E-state index in [1.54, 1.807) is 13.0 Å². The lowest BCUT2D eigenvalue weighted by atomic mass is 10.1. The van der Waals surface area contributed by atoms with Crippen molar-refractivity contribution in [3.05, 3.63) is 41.2 Å². The van der Waals surface area contributed by atoms with Crippen LogP contribution in [0.15, 0.2) is 30.0 Å². The summed E-state index contributed by atoms with van der Waals surface area (Å²) >= 11 is 0. The maximum absolute atomic E-state index is 12.7. The quantitative estimate of drug-likeness (QED) is 0.139. The molecule has 0 spiro atoms. The van der Waals surface area contributed by atoms with Crippen LogP contribution in [0.1, 0.15) is 84.8 Å². The molecule has 6 nitrogen and oxygen atoms in total. The highest BCUT2D eigenvalue weighted by molar-refractivity contribution is 5.91. The van der Waals surface area contributed by atoms with E-state index < -0.39 is 11.6 Å². The summed E-state index contributed by atoms with van der Waals surface area (Å²) in [6, 6.07) is 7.90. The normalized spacial score (nSPS) is 11.8. The van der Waals surface area contributed by atoms with Crippen LogP contribution < -0.4 is 0 Å². The third-order valence-corrected chi connectivity index (χ3v) is 4.91. The molecule has 33 heavy (non-hydrogen) atoms. The molecule has 0 fully saturated rings. The Labute approximate surface area is 200 Å². The number of unbranched alkanes of at least 4 members (excludes halogenated alkanes) is 4. The average molecular weight is 462 g/mol. The first-order chi connectivity index (χ1) is 15.7. The van der Waals surface area contributed by atoms with Gasteiger partial charge in [0.15, 0.2) is 0 Å². The smallest absolute Gasteiger partial charge is 0.410 e. The SMILES string of the molecule is CCCCCCCN(CCc1ccc(/C=C(\OCC)C(=O)OCC)cc1)C(=O)OC(C)(C)C. The molecule has 0 heterocycles. The molecule has 0 aromatic heterocycles. The highest BCUT2D eigenvalue weighted by Crippen LogP contribution is 2.15. The van der Waals surface area contributed by atoms with Crippen molar-refractivity contribution in [2.45, 2.75) is 85.7 Å². The molecule has 186 valence electrons. The number of amides is 1. The average Bonchev–Trinajstić information content (AvgIpc) is 2.75. The molecule has 0 aliphatic rings. The summed E-state index contributed by atoms with van der Waals surface area (Å²) in [5, 5.41) is 0. The Kier molecular flexibility index (Phi) is 13.3. The Morgan fingerprint density at radius 3 is 2.09 bits per heavy atom. The van der Waals surface area contributed by atoms with Crippen LogP contribution in [0.5, 0.6) is 0 Å². The Morgan fingerprint density at radius 2 is 1.52 bits per heavy atom. The molecule has 1 aromatic carbocycles. The van der Waals surface area contributed by atoms with E-state index in [1.165, 1.54) is 19.3 Å². The second kappa shape index (κ2) is 15.4. The Bertz CT molecular complexity index is 734. The number of carbonyl (C=O) groups is 2. The second-order valence-electron chi connectivity index (χ2n) is 9.04. The standard InChI is InChI=1S/C27H43NO5/c1-7-10-11-12-13-19-28(26(30)33-27(4,5)6)20-18-22-14-16-23(17-15-22)21-24(31-8-2)25(29)32-9-3/h14-17,21H,7-13,18-20H2,1-6H3/b24-21-. The molecule has 0 N–H and O–H groups in total. The molecule has 1 aromatic rings. The molecule has 0 atom stereocenters. The van der Waals surface area contributed by atoms with Crippen LogP contribution in [0.3, 0.4) is 0 Å². The number of hydrogen-bond acceptors (Lipinski definition) is 5. The molecule has 6 heteroatoms. The van der Waals surface area contributed by atoms with E-state index in [-0.39, 0.29) is 11.9 Å². The predicted molar refractivity (Wildman–Crippen MR) is 133 cm³/mol. The van der Waals surface area contributed by atoms with E-state index in [4.69, 9.17) is 14.2 Å². The van der Waals surface area contributed by atoms with E-state index in [9.17, 15) is 9.59 Å². The van der Waals surface area contributed by atoms with Crippen molar-refractivity contribution < 1.29 is 23.8 Å². The molecular weight excluding hydrogens is 418 g/mol. The first-order valence-electron chi connectivity index (χ1n) is 12.3. The molecule has 0 bridgehead atoms. The van der Waals surface area contributed by atoms with Crippen molar-refractivity contribution in [1.29, 1.82) is 0 Å². The number of nitrogens with zero attached hydrogens (tertiary/aromatic N) is 1. The van der Waals surface area contributed by atoms with Crippen molar-refractivity contribution in [1.82, 2.24) is 4.90 Å². The topological polar surface area (TPSA) is 65.1 Å². The lowest BCUT2D eigenvalue weighted by Crippen LogP contribution is -2.38. The van der Waals surface area contributed by atoms with Crippen LogP contribution in [-0.2, 0) is 25.4 Å². The van der Waals surface area contributed by atoms with Gasteiger partial charge in [-0.05, 0) is 64.7 Å².